The van der Waals surface area contributed by atoms with E-state index in [-0.39, 0.29) is 22.8 Å². The molecular weight excluding hydrogens is 391 g/mol. The summed E-state index contributed by atoms with van der Waals surface area (Å²) in [4.78, 5) is 36.3. The van der Waals surface area contributed by atoms with Crippen molar-refractivity contribution in [3.63, 3.8) is 0 Å². The fourth-order valence-corrected chi connectivity index (χ4v) is 5.37. The van der Waals surface area contributed by atoms with Crippen molar-refractivity contribution < 1.29 is 9.18 Å². The van der Waals surface area contributed by atoms with Crippen LogP contribution in [0, 0.1) is 5.82 Å². The Morgan fingerprint density at radius 2 is 1.76 bits per heavy atom. The number of hydrogen-bond donors (Lipinski definition) is 0. The molecule has 150 valence electrons. The Morgan fingerprint density at radius 1 is 1.03 bits per heavy atom. The molecule has 1 aliphatic heterocycles. The van der Waals surface area contributed by atoms with Crippen LogP contribution in [0.5, 0.6) is 0 Å². The second kappa shape index (κ2) is 7.26. The molecule has 29 heavy (non-hydrogen) atoms. The number of amides is 1. The minimum absolute atomic E-state index is 0.143. The number of piperazine rings is 1. The topological polar surface area (TPSA) is 57.9 Å². The minimum Gasteiger partial charge on any atom is -0.368 e. The lowest BCUT2D eigenvalue weighted by atomic mass is 10.0. The molecule has 1 fully saturated rings. The van der Waals surface area contributed by atoms with Crippen LogP contribution in [-0.2, 0) is 12.8 Å². The predicted octanol–water partition coefficient (Wildman–Crippen LogP) is 2.74. The first-order valence-electron chi connectivity index (χ1n) is 9.94. The first-order valence-corrected chi connectivity index (χ1v) is 10.8. The number of carbonyl (C=O) groups excluding carboxylic acids is 1. The van der Waals surface area contributed by atoms with Gasteiger partial charge in [0.15, 0.2) is 4.96 Å². The maximum Gasteiger partial charge on any atom is 0.271 e. The first-order chi connectivity index (χ1) is 14.1. The third kappa shape index (κ3) is 3.21. The lowest BCUT2D eigenvalue weighted by molar-refractivity contribution is 0.0744. The molecule has 3 aromatic rings. The Morgan fingerprint density at radius 3 is 2.52 bits per heavy atom. The van der Waals surface area contributed by atoms with Crippen LogP contribution in [0.15, 0.2) is 35.3 Å². The zero-order valence-electron chi connectivity index (χ0n) is 15.9. The van der Waals surface area contributed by atoms with Gasteiger partial charge >= 0.3 is 0 Å². The fourth-order valence-electron chi connectivity index (χ4n) is 4.21. The van der Waals surface area contributed by atoms with Gasteiger partial charge in [0.2, 0.25) is 0 Å². The van der Waals surface area contributed by atoms with Crippen molar-refractivity contribution in [3.8, 4) is 0 Å². The SMILES string of the molecule is O=C(c1cnc2sc3c(n2c1=O)CCCC3)N1CCN(c2ccc(F)cc2)CC1. The third-order valence-electron chi connectivity index (χ3n) is 5.79. The summed E-state index contributed by atoms with van der Waals surface area (Å²) in [7, 11) is 0. The van der Waals surface area contributed by atoms with Gasteiger partial charge < -0.3 is 9.80 Å². The normalized spacial score (nSPS) is 16.9. The molecule has 0 radical (unpaired) electrons. The van der Waals surface area contributed by atoms with Gasteiger partial charge in [-0.2, -0.15) is 0 Å². The van der Waals surface area contributed by atoms with Gasteiger partial charge in [-0.25, -0.2) is 9.37 Å². The average Bonchev–Trinajstić information content (AvgIpc) is 3.14. The van der Waals surface area contributed by atoms with Crippen molar-refractivity contribution in [1.29, 1.82) is 0 Å². The van der Waals surface area contributed by atoms with E-state index in [4.69, 9.17) is 0 Å². The van der Waals surface area contributed by atoms with Crippen LogP contribution in [0.2, 0.25) is 0 Å². The van der Waals surface area contributed by atoms with Gasteiger partial charge in [-0.3, -0.25) is 14.0 Å². The Kier molecular flexibility index (Phi) is 4.58. The van der Waals surface area contributed by atoms with Crippen molar-refractivity contribution >= 4 is 27.9 Å². The molecule has 0 atom stereocenters. The molecule has 1 amide bonds. The van der Waals surface area contributed by atoms with E-state index in [1.54, 1.807) is 32.8 Å². The summed E-state index contributed by atoms with van der Waals surface area (Å²) in [5, 5.41) is 0. The highest BCUT2D eigenvalue weighted by molar-refractivity contribution is 7.17. The van der Waals surface area contributed by atoms with Crippen molar-refractivity contribution in [1.82, 2.24) is 14.3 Å². The lowest BCUT2D eigenvalue weighted by Gasteiger charge is -2.36. The van der Waals surface area contributed by atoms with E-state index in [0.717, 1.165) is 37.1 Å². The van der Waals surface area contributed by atoms with Crippen LogP contribution in [0.3, 0.4) is 0 Å². The minimum atomic E-state index is -0.262. The number of benzene rings is 1. The average molecular weight is 412 g/mol. The summed E-state index contributed by atoms with van der Waals surface area (Å²) in [6, 6.07) is 6.37. The number of anilines is 1. The highest BCUT2D eigenvalue weighted by Gasteiger charge is 2.26. The number of rotatable bonds is 2. The van der Waals surface area contributed by atoms with Crippen LogP contribution in [0.1, 0.15) is 33.8 Å². The summed E-state index contributed by atoms with van der Waals surface area (Å²) in [5.74, 6) is -0.520. The van der Waals surface area contributed by atoms with Gasteiger partial charge in [-0.15, -0.1) is 11.3 Å². The van der Waals surface area contributed by atoms with E-state index in [1.165, 1.54) is 23.2 Å². The Bertz CT molecular complexity index is 1130. The van der Waals surface area contributed by atoms with E-state index in [2.05, 4.69) is 9.88 Å². The monoisotopic (exact) mass is 412 g/mol. The molecule has 6 nitrogen and oxygen atoms in total. The van der Waals surface area contributed by atoms with E-state index in [1.807, 2.05) is 0 Å². The van der Waals surface area contributed by atoms with Crippen molar-refractivity contribution in [3.05, 3.63) is 62.8 Å². The van der Waals surface area contributed by atoms with Crippen LogP contribution in [0.4, 0.5) is 10.1 Å². The maximum atomic E-state index is 13.1. The standard InChI is InChI=1S/C21H21FN4O2S/c22-14-5-7-15(8-6-14)24-9-11-25(12-10-24)19(27)16-13-23-21-26(20(16)28)17-3-1-2-4-18(17)29-21/h5-8,13H,1-4,9-12H2. The van der Waals surface area contributed by atoms with E-state index >= 15 is 0 Å². The molecule has 8 heteroatoms. The molecular formula is C21H21FN4O2S. The predicted molar refractivity (Wildman–Crippen MR) is 110 cm³/mol. The van der Waals surface area contributed by atoms with Crippen LogP contribution in [0.25, 0.3) is 4.96 Å². The molecule has 0 saturated carbocycles. The molecule has 2 aliphatic rings. The molecule has 0 spiro atoms. The van der Waals surface area contributed by atoms with Gasteiger partial charge in [0.25, 0.3) is 11.5 Å². The van der Waals surface area contributed by atoms with Gasteiger partial charge in [0, 0.05) is 48.6 Å². The fraction of sp³-hybridized carbons (Fsp3) is 0.381. The summed E-state index contributed by atoms with van der Waals surface area (Å²) in [6.07, 6.45) is 5.49. The maximum absolute atomic E-state index is 13.1. The van der Waals surface area contributed by atoms with E-state index in [0.29, 0.717) is 31.1 Å². The molecule has 0 N–H and O–H groups in total. The first kappa shape index (κ1) is 18.3. The quantitative estimate of drug-likeness (QED) is 0.650. The zero-order chi connectivity index (χ0) is 20.0. The number of fused-ring (bicyclic) bond motifs is 3. The largest absolute Gasteiger partial charge is 0.368 e. The van der Waals surface area contributed by atoms with Gasteiger partial charge in [0.05, 0.1) is 0 Å². The van der Waals surface area contributed by atoms with Gasteiger partial charge in [-0.1, -0.05) is 0 Å². The number of aromatic nitrogens is 2. The van der Waals surface area contributed by atoms with E-state index in [9.17, 15) is 14.0 Å². The number of nitrogens with zero attached hydrogens (tertiary/aromatic N) is 4. The Labute approximate surface area is 171 Å². The molecule has 0 unspecified atom stereocenters. The number of aryl methyl sites for hydroxylation is 2. The Hall–Kier alpha value is -2.74. The molecule has 2 aromatic heterocycles. The van der Waals surface area contributed by atoms with Crippen molar-refractivity contribution in [2.75, 3.05) is 31.1 Å². The smallest absolute Gasteiger partial charge is 0.271 e. The van der Waals surface area contributed by atoms with Gasteiger partial charge in [-0.05, 0) is 49.9 Å². The number of thiazole rings is 1. The highest BCUT2D eigenvalue weighted by atomic mass is 32.1. The zero-order valence-corrected chi connectivity index (χ0v) is 16.8. The molecule has 1 aromatic carbocycles. The second-order valence-corrected chi connectivity index (χ2v) is 8.59. The Balaban J connectivity index is 1.37. The number of hydrogen-bond acceptors (Lipinski definition) is 5. The lowest BCUT2D eigenvalue weighted by Crippen LogP contribution is -2.49. The molecule has 1 aliphatic carbocycles. The van der Waals surface area contributed by atoms with Gasteiger partial charge in [0.1, 0.15) is 11.4 Å². The van der Waals surface area contributed by atoms with Crippen LogP contribution < -0.4 is 10.5 Å². The van der Waals surface area contributed by atoms with Crippen molar-refractivity contribution in [2.24, 2.45) is 0 Å². The molecule has 5 rings (SSSR count). The summed E-state index contributed by atoms with van der Waals surface area (Å²) in [6.45, 7) is 2.31. The summed E-state index contributed by atoms with van der Waals surface area (Å²) >= 11 is 1.56. The molecule has 1 saturated heterocycles. The second-order valence-electron chi connectivity index (χ2n) is 7.53. The summed E-state index contributed by atoms with van der Waals surface area (Å²) in [5.41, 5.74) is 1.86. The van der Waals surface area contributed by atoms with Crippen molar-refractivity contribution in [2.45, 2.75) is 25.7 Å². The summed E-state index contributed by atoms with van der Waals surface area (Å²) < 4.78 is 14.8. The number of carbonyl (C=O) groups is 1. The van der Waals surface area contributed by atoms with Crippen LogP contribution in [-0.4, -0.2) is 46.4 Å². The van der Waals surface area contributed by atoms with E-state index < -0.39 is 0 Å². The highest BCUT2D eigenvalue weighted by Crippen LogP contribution is 2.28. The third-order valence-corrected chi connectivity index (χ3v) is 6.95. The molecule has 3 heterocycles. The van der Waals surface area contributed by atoms with Crippen LogP contribution >= 0.6 is 11.3 Å². The molecule has 0 bridgehead atoms. The number of halogens is 1.